The molecule has 0 bridgehead atoms. The summed E-state index contributed by atoms with van der Waals surface area (Å²) in [5.41, 5.74) is 7.69. The maximum Gasteiger partial charge on any atom is 0.0718 e. The van der Waals surface area contributed by atoms with Crippen molar-refractivity contribution < 1.29 is 5.11 Å². The molecule has 2 rings (SSSR count). The number of nitrogens with two attached hydrogens (primary N) is 1. The third-order valence-electron chi connectivity index (χ3n) is 3.82. The van der Waals surface area contributed by atoms with E-state index in [2.05, 4.69) is 43.9 Å². The lowest BCUT2D eigenvalue weighted by atomic mass is 10.1. The van der Waals surface area contributed by atoms with Crippen LogP contribution in [0.5, 0.6) is 0 Å². The highest BCUT2D eigenvalue weighted by atomic mass is 79.9. The minimum Gasteiger partial charge on any atom is -0.389 e. The average molecular weight is 356 g/mol. The first kappa shape index (κ1) is 16.7. The summed E-state index contributed by atoms with van der Waals surface area (Å²) >= 11 is 3.62. The van der Waals surface area contributed by atoms with Crippen LogP contribution in [0.25, 0.3) is 0 Å². The number of piperazine rings is 1. The summed E-state index contributed by atoms with van der Waals surface area (Å²) in [5.74, 6) is 0. The number of halogens is 1. The van der Waals surface area contributed by atoms with Crippen molar-refractivity contribution in [3.05, 3.63) is 28.2 Å². The second-order valence-corrected chi connectivity index (χ2v) is 7.42. The van der Waals surface area contributed by atoms with Crippen molar-refractivity contribution in [2.45, 2.75) is 32.4 Å². The molecule has 1 atom stereocenters. The van der Waals surface area contributed by atoms with E-state index in [0.29, 0.717) is 0 Å². The minimum absolute atomic E-state index is 0.0389. The number of hydrogen-bond donors (Lipinski definition) is 2. The van der Waals surface area contributed by atoms with E-state index in [0.717, 1.165) is 42.8 Å². The van der Waals surface area contributed by atoms with Gasteiger partial charge >= 0.3 is 0 Å². The third-order valence-corrected chi connectivity index (χ3v) is 4.51. The zero-order valence-corrected chi connectivity index (χ0v) is 14.7. The molecule has 118 valence electrons. The Morgan fingerprint density at radius 1 is 1.29 bits per heavy atom. The van der Waals surface area contributed by atoms with Crippen molar-refractivity contribution in [1.82, 2.24) is 4.90 Å². The van der Waals surface area contributed by atoms with Crippen LogP contribution in [0, 0.1) is 0 Å². The van der Waals surface area contributed by atoms with Crippen molar-refractivity contribution >= 4 is 21.6 Å². The quantitative estimate of drug-likeness (QED) is 0.870. The van der Waals surface area contributed by atoms with Crippen LogP contribution in [0.3, 0.4) is 0 Å². The van der Waals surface area contributed by atoms with Crippen molar-refractivity contribution in [2.24, 2.45) is 5.73 Å². The number of β-amino-alcohol motifs (C(OH)–C–C–N with tert-alkyl or cyclic N) is 1. The number of aliphatic hydroxyl groups is 1. The molecule has 5 heteroatoms. The van der Waals surface area contributed by atoms with Gasteiger partial charge in [-0.05, 0) is 38.5 Å². The predicted molar refractivity (Wildman–Crippen MR) is 91.7 cm³/mol. The van der Waals surface area contributed by atoms with Gasteiger partial charge in [0.2, 0.25) is 0 Å². The van der Waals surface area contributed by atoms with E-state index in [1.54, 1.807) is 0 Å². The molecule has 0 radical (unpaired) electrons. The fourth-order valence-corrected chi connectivity index (χ4v) is 3.52. The van der Waals surface area contributed by atoms with Gasteiger partial charge in [-0.25, -0.2) is 0 Å². The Kier molecular flexibility index (Phi) is 5.30. The summed E-state index contributed by atoms with van der Waals surface area (Å²) in [7, 11) is 0. The van der Waals surface area contributed by atoms with Gasteiger partial charge < -0.3 is 15.7 Å². The number of rotatable bonds is 4. The Labute approximate surface area is 136 Å². The summed E-state index contributed by atoms with van der Waals surface area (Å²) in [5, 5.41) is 9.90. The maximum absolute atomic E-state index is 9.90. The van der Waals surface area contributed by atoms with Crippen LogP contribution >= 0.6 is 15.9 Å². The molecule has 0 aliphatic carbocycles. The Balaban J connectivity index is 1.98. The lowest BCUT2D eigenvalue weighted by molar-refractivity contribution is 0.0345. The van der Waals surface area contributed by atoms with E-state index in [4.69, 9.17) is 5.73 Å². The molecule has 0 amide bonds. The predicted octanol–water partition coefficient (Wildman–Crippen LogP) is 2.36. The summed E-state index contributed by atoms with van der Waals surface area (Å²) < 4.78 is 1.08. The highest BCUT2D eigenvalue weighted by molar-refractivity contribution is 9.10. The number of nitrogens with zero attached hydrogens (tertiary/aromatic N) is 2. The Hall–Kier alpha value is -0.620. The standard InChI is InChI=1S/C16H26BrN3O/c1-12(18)14-5-4-13(10-15(14)17)20-8-6-19(7-9-20)11-16(2,3)21/h4-5,10,12,21H,6-9,11,18H2,1-3H3. The Morgan fingerprint density at radius 3 is 2.38 bits per heavy atom. The normalized spacial score (nSPS) is 18.9. The zero-order valence-electron chi connectivity index (χ0n) is 13.1. The van der Waals surface area contributed by atoms with Gasteiger partial charge in [0, 0.05) is 48.9 Å². The van der Waals surface area contributed by atoms with Crippen LogP contribution in [-0.4, -0.2) is 48.3 Å². The molecule has 3 N–H and O–H groups in total. The van der Waals surface area contributed by atoms with Gasteiger partial charge in [-0.15, -0.1) is 0 Å². The number of hydrogen-bond acceptors (Lipinski definition) is 4. The molecule has 1 heterocycles. The molecular formula is C16H26BrN3O. The van der Waals surface area contributed by atoms with E-state index in [1.165, 1.54) is 5.69 Å². The lowest BCUT2D eigenvalue weighted by Crippen LogP contribution is -2.50. The van der Waals surface area contributed by atoms with E-state index >= 15 is 0 Å². The number of benzene rings is 1. The van der Waals surface area contributed by atoms with Gasteiger partial charge in [-0.2, -0.15) is 0 Å². The lowest BCUT2D eigenvalue weighted by Gasteiger charge is -2.38. The molecule has 4 nitrogen and oxygen atoms in total. The molecule has 0 spiro atoms. The molecule has 1 aliphatic rings. The van der Waals surface area contributed by atoms with Gasteiger partial charge in [-0.3, -0.25) is 4.90 Å². The summed E-state index contributed by atoms with van der Waals surface area (Å²) in [6.45, 7) is 10.4. The van der Waals surface area contributed by atoms with Gasteiger partial charge in [-0.1, -0.05) is 22.0 Å². The maximum atomic E-state index is 9.90. The smallest absolute Gasteiger partial charge is 0.0718 e. The van der Waals surface area contributed by atoms with Gasteiger partial charge in [0.05, 0.1) is 5.60 Å². The van der Waals surface area contributed by atoms with Gasteiger partial charge in [0.15, 0.2) is 0 Å². The summed E-state index contributed by atoms with van der Waals surface area (Å²) in [4.78, 5) is 4.71. The topological polar surface area (TPSA) is 52.7 Å². The van der Waals surface area contributed by atoms with Crippen molar-refractivity contribution in [3.63, 3.8) is 0 Å². The van der Waals surface area contributed by atoms with Crippen molar-refractivity contribution in [3.8, 4) is 0 Å². The van der Waals surface area contributed by atoms with Crippen LogP contribution in [0.2, 0.25) is 0 Å². The molecule has 1 aromatic carbocycles. The molecule has 1 aromatic rings. The van der Waals surface area contributed by atoms with E-state index in [1.807, 2.05) is 20.8 Å². The van der Waals surface area contributed by atoms with E-state index < -0.39 is 5.60 Å². The molecule has 0 aromatic heterocycles. The highest BCUT2D eigenvalue weighted by Gasteiger charge is 2.23. The molecule has 1 unspecified atom stereocenters. The Morgan fingerprint density at radius 2 is 1.90 bits per heavy atom. The van der Waals surface area contributed by atoms with Gasteiger partial charge in [0.1, 0.15) is 0 Å². The van der Waals surface area contributed by atoms with Crippen LogP contribution in [0.4, 0.5) is 5.69 Å². The molecule has 0 saturated carbocycles. The van der Waals surface area contributed by atoms with E-state index in [9.17, 15) is 5.11 Å². The first-order valence-electron chi connectivity index (χ1n) is 7.51. The van der Waals surface area contributed by atoms with Gasteiger partial charge in [0.25, 0.3) is 0 Å². The SMILES string of the molecule is CC(N)c1ccc(N2CCN(CC(C)(C)O)CC2)cc1Br. The minimum atomic E-state index is -0.621. The highest BCUT2D eigenvalue weighted by Crippen LogP contribution is 2.28. The largest absolute Gasteiger partial charge is 0.389 e. The first-order valence-corrected chi connectivity index (χ1v) is 8.30. The van der Waals surface area contributed by atoms with Crippen molar-refractivity contribution in [2.75, 3.05) is 37.6 Å². The monoisotopic (exact) mass is 355 g/mol. The number of anilines is 1. The zero-order chi connectivity index (χ0) is 15.6. The molecular weight excluding hydrogens is 330 g/mol. The second-order valence-electron chi connectivity index (χ2n) is 6.57. The van der Waals surface area contributed by atoms with E-state index in [-0.39, 0.29) is 6.04 Å². The van der Waals surface area contributed by atoms with Crippen LogP contribution in [0.1, 0.15) is 32.4 Å². The second kappa shape index (κ2) is 6.65. The summed E-state index contributed by atoms with van der Waals surface area (Å²) in [6.07, 6.45) is 0. The third kappa shape index (κ3) is 4.68. The molecule has 1 fully saturated rings. The Bertz CT molecular complexity index is 477. The van der Waals surface area contributed by atoms with Crippen LogP contribution in [-0.2, 0) is 0 Å². The molecule has 1 saturated heterocycles. The average Bonchev–Trinajstić information content (AvgIpc) is 2.37. The fourth-order valence-electron chi connectivity index (χ4n) is 2.79. The molecule has 1 aliphatic heterocycles. The van der Waals surface area contributed by atoms with Crippen molar-refractivity contribution in [1.29, 1.82) is 0 Å². The molecule has 21 heavy (non-hydrogen) atoms. The fraction of sp³-hybridized carbons (Fsp3) is 0.625. The first-order chi connectivity index (χ1) is 9.76. The van der Waals surface area contributed by atoms with Crippen LogP contribution in [0.15, 0.2) is 22.7 Å². The van der Waals surface area contributed by atoms with Crippen LogP contribution < -0.4 is 10.6 Å². The summed E-state index contributed by atoms with van der Waals surface area (Å²) in [6, 6.07) is 6.45.